The van der Waals surface area contributed by atoms with E-state index in [1.165, 1.54) is 24.3 Å². The normalized spacial score (nSPS) is 21.1. The number of fused-ring (bicyclic) bond motifs is 1. The van der Waals surface area contributed by atoms with Crippen LogP contribution >= 0.6 is 0 Å². The summed E-state index contributed by atoms with van der Waals surface area (Å²) in [5.41, 5.74) is 0.960. The summed E-state index contributed by atoms with van der Waals surface area (Å²) in [7, 11) is 3.28. The van der Waals surface area contributed by atoms with Crippen molar-refractivity contribution in [1.82, 2.24) is 9.80 Å². The SMILES string of the molecule is CCC(=O)N1C[C@H](C)[C@@H](OC)CN(C)C(=O)c2cc(NC(=O)c3ccc(F)cc3)ccc2OC[C@H]1C. The molecular weight excluding hydrogens is 465 g/mol. The molecule has 0 fully saturated rings. The standard InChI is InChI=1S/C27H34FN3O5/c1-6-25(32)31-14-17(2)24(35-5)15-30(4)27(34)22-13-21(11-12-23(22)36-16-18(31)3)29-26(33)19-7-9-20(28)10-8-19/h7-13,17-18,24H,6,14-16H2,1-5H3,(H,29,33)/t17-,18+,24-/m0/s1. The second-order valence-electron chi connectivity index (χ2n) is 9.17. The zero-order valence-corrected chi connectivity index (χ0v) is 21.4. The molecule has 3 amide bonds. The van der Waals surface area contributed by atoms with Crippen molar-refractivity contribution in [1.29, 1.82) is 0 Å². The average molecular weight is 500 g/mol. The van der Waals surface area contributed by atoms with E-state index in [-0.39, 0.29) is 47.6 Å². The molecule has 0 unspecified atom stereocenters. The lowest BCUT2D eigenvalue weighted by Crippen LogP contribution is -2.48. The minimum absolute atomic E-state index is 0.0216. The molecule has 0 saturated heterocycles. The lowest BCUT2D eigenvalue weighted by molar-refractivity contribution is -0.135. The third-order valence-electron chi connectivity index (χ3n) is 6.43. The number of halogens is 1. The predicted octanol–water partition coefficient (Wildman–Crippen LogP) is 3.82. The number of hydrogen-bond acceptors (Lipinski definition) is 5. The van der Waals surface area contributed by atoms with Gasteiger partial charge < -0.3 is 24.6 Å². The van der Waals surface area contributed by atoms with Crippen molar-refractivity contribution in [2.24, 2.45) is 5.92 Å². The van der Waals surface area contributed by atoms with Gasteiger partial charge in [0.2, 0.25) is 5.91 Å². The zero-order valence-electron chi connectivity index (χ0n) is 21.4. The van der Waals surface area contributed by atoms with E-state index in [4.69, 9.17) is 9.47 Å². The Morgan fingerprint density at radius 2 is 1.83 bits per heavy atom. The molecule has 2 aromatic carbocycles. The van der Waals surface area contributed by atoms with Crippen molar-refractivity contribution in [3.63, 3.8) is 0 Å². The Morgan fingerprint density at radius 3 is 2.47 bits per heavy atom. The number of rotatable bonds is 4. The number of anilines is 1. The molecule has 0 saturated carbocycles. The number of nitrogens with zero attached hydrogens (tertiary/aromatic N) is 2. The van der Waals surface area contributed by atoms with Crippen LogP contribution in [0.2, 0.25) is 0 Å². The number of carbonyl (C=O) groups excluding carboxylic acids is 3. The largest absolute Gasteiger partial charge is 0.491 e. The quantitative estimate of drug-likeness (QED) is 0.691. The molecule has 1 aliphatic heterocycles. The van der Waals surface area contributed by atoms with Crippen molar-refractivity contribution in [3.05, 3.63) is 59.4 Å². The molecule has 2 aromatic rings. The second kappa shape index (κ2) is 12.0. The van der Waals surface area contributed by atoms with Crippen LogP contribution in [-0.4, -0.2) is 73.5 Å². The number of hydrogen-bond donors (Lipinski definition) is 1. The summed E-state index contributed by atoms with van der Waals surface area (Å²) in [6, 6.07) is 9.79. The first-order valence-corrected chi connectivity index (χ1v) is 12.1. The summed E-state index contributed by atoms with van der Waals surface area (Å²) in [4.78, 5) is 42.1. The van der Waals surface area contributed by atoms with Gasteiger partial charge in [0.15, 0.2) is 0 Å². The first-order valence-electron chi connectivity index (χ1n) is 12.1. The van der Waals surface area contributed by atoms with Gasteiger partial charge in [-0.05, 0) is 49.4 Å². The molecule has 1 N–H and O–H groups in total. The van der Waals surface area contributed by atoms with E-state index in [0.29, 0.717) is 30.9 Å². The lowest BCUT2D eigenvalue weighted by Gasteiger charge is -2.36. The number of ether oxygens (including phenoxy) is 2. The smallest absolute Gasteiger partial charge is 0.257 e. The molecule has 9 heteroatoms. The second-order valence-corrected chi connectivity index (χ2v) is 9.17. The zero-order chi connectivity index (χ0) is 26.4. The number of methoxy groups -OCH3 is 1. The summed E-state index contributed by atoms with van der Waals surface area (Å²) >= 11 is 0. The minimum atomic E-state index is -0.436. The fraction of sp³-hybridized carbons (Fsp3) is 0.444. The highest BCUT2D eigenvalue weighted by Gasteiger charge is 2.30. The van der Waals surface area contributed by atoms with Crippen LogP contribution in [0, 0.1) is 11.7 Å². The number of nitrogens with one attached hydrogen (secondary N) is 1. The van der Waals surface area contributed by atoms with Crippen molar-refractivity contribution in [2.75, 3.05) is 39.2 Å². The van der Waals surface area contributed by atoms with Crippen LogP contribution in [0.4, 0.5) is 10.1 Å². The van der Waals surface area contributed by atoms with Crippen LogP contribution in [0.25, 0.3) is 0 Å². The Labute approximate surface area is 211 Å². The summed E-state index contributed by atoms with van der Waals surface area (Å²) < 4.78 is 24.9. The monoisotopic (exact) mass is 499 g/mol. The molecule has 0 radical (unpaired) electrons. The van der Waals surface area contributed by atoms with Gasteiger partial charge in [-0.25, -0.2) is 4.39 Å². The van der Waals surface area contributed by atoms with E-state index in [0.717, 1.165) is 0 Å². The first-order chi connectivity index (χ1) is 17.1. The minimum Gasteiger partial charge on any atom is -0.491 e. The fourth-order valence-electron chi connectivity index (χ4n) is 4.21. The van der Waals surface area contributed by atoms with Gasteiger partial charge in [0, 0.05) is 50.8 Å². The van der Waals surface area contributed by atoms with E-state index in [9.17, 15) is 18.8 Å². The molecule has 0 aliphatic carbocycles. The Balaban J connectivity index is 1.93. The summed E-state index contributed by atoms with van der Waals surface area (Å²) in [5, 5.41) is 2.75. The number of amides is 3. The van der Waals surface area contributed by atoms with Crippen LogP contribution in [0.5, 0.6) is 5.75 Å². The van der Waals surface area contributed by atoms with E-state index < -0.39 is 11.7 Å². The summed E-state index contributed by atoms with van der Waals surface area (Å²) in [6.45, 7) is 6.73. The van der Waals surface area contributed by atoms with E-state index >= 15 is 0 Å². The van der Waals surface area contributed by atoms with E-state index in [1.54, 1.807) is 42.2 Å². The molecule has 3 rings (SSSR count). The molecule has 8 nitrogen and oxygen atoms in total. The first kappa shape index (κ1) is 27.1. The average Bonchev–Trinajstić information content (AvgIpc) is 2.87. The van der Waals surface area contributed by atoms with Gasteiger partial charge >= 0.3 is 0 Å². The number of benzene rings is 2. The molecule has 3 atom stereocenters. The maximum absolute atomic E-state index is 13.4. The van der Waals surface area contributed by atoms with Gasteiger partial charge in [0.25, 0.3) is 11.8 Å². The highest BCUT2D eigenvalue weighted by atomic mass is 19.1. The molecule has 0 bridgehead atoms. The van der Waals surface area contributed by atoms with Gasteiger partial charge in [0.1, 0.15) is 18.2 Å². The van der Waals surface area contributed by atoms with E-state index in [1.807, 2.05) is 20.8 Å². The highest BCUT2D eigenvalue weighted by Crippen LogP contribution is 2.27. The van der Waals surface area contributed by atoms with E-state index in [2.05, 4.69) is 5.32 Å². The number of likely N-dealkylation sites (N-methyl/N-ethyl adjacent to an activating group) is 1. The number of carbonyl (C=O) groups is 3. The van der Waals surface area contributed by atoms with Crippen LogP contribution in [0.1, 0.15) is 47.9 Å². The van der Waals surface area contributed by atoms with Gasteiger partial charge in [-0.3, -0.25) is 14.4 Å². The Bertz CT molecular complexity index is 1090. The summed E-state index contributed by atoms with van der Waals surface area (Å²) in [6.07, 6.45) is 0.0873. The van der Waals surface area contributed by atoms with Gasteiger partial charge in [0.05, 0.1) is 17.7 Å². The van der Waals surface area contributed by atoms with Crippen molar-refractivity contribution >= 4 is 23.4 Å². The topological polar surface area (TPSA) is 88.2 Å². The molecule has 1 heterocycles. The van der Waals surface area contributed by atoms with Crippen LogP contribution < -0.4 is 10.1 Å². The Morgan fingerprint density at radius 1 is 1.14 bits per heavy atom. The van der Waals surface area contributed by atoms with Gasteiger partial charge in [-0.15, -0.1) is 0 Å². The third-order valence-corrected chi connectivity index (χ3v) is 6.43. The Kier molecular flexibility index (Phi) is 9.03. The van der Waals surface area contributed by atoms with Crippen molar-refractivity contribution < 1.29 is 28.2 Å². The van der Waals surface area contributed by atoms with Crippen LogP contribution in [0.3, 0.4) is 0 Å². The predicted molar refractivity (Wildman–Crippen MR) is 135 cm³/mol. The maximum Gasteiger partial charge on any atom is 0.257 e. The molecule has 36 heavy (non-hydrogen) atoms. The van der Waals surface area contributed by atoms with Crippen LogP contribution in [0.15, 0.2) is 42.5 Å². The molecule has 194 valence electrons. The van der Waals surface area contributed by atoms with Crippen molar-refractivity contribution in [3.8, 4) is 5.75 Å². The maximum atomic E-state index is 13.4. The third kappa shape index (κ3) is 6.40. The van der Waals surface area contributed by atoms with Gasteiger partial charge in [-0.1, -0.05) is 13.8 Å². The lowest BCUT2D eigenvalue weighted by atomic mass is 10.0. The Hall–Kier alpha value is -3.46. The molecule has 0 spiro atoms. The van der Waals surface area contributed by atoms with Gasteiger partial charge in [-0.2, -0.15) is 0 Å². The molecular formula is C27H34FN3O5. The fourth-order valence-corrected chi connectivity index (χ4v) is 4.21. The summed E-state index contributed by atoms with van der Waals surface area (Å²) in [5.74, 6) is -0.803. The molecule has 0 aromatic heterocycles. The van der Waals surface area contributed by atoms with Crippen molar-refractivity contribution in [2.45, 2.75) is 39.3 Å². The highest BCUT2D eigenvalue weighted by molar-refractivity contribution is 6.05. The molecule has 1 aliphatic rings. The van der Waals surface area contributed by atoms with Crippen LogP contribution in [-0.2, 0) is 9.53 Å².